The Morgan fingerprint density at radius 3 is 2.50 bits per heavy atom. The summed E-state index contributed by atoms with van der Waals surface area (Å²) in [6.45, 7) is 3.31. The summed E-state index contributed by atoms with van der Waals surface area (Å²) in [6.07, 6.45) is 1.84. The van der Waals surface area contributed by atoms with Crippen molar-refractivity contribution < 1.29 is 9.84 Å². The van der Waals surface area contributed by atoms with Gasteiger partial charge in [0.25, 0.3) is 0 Å². The summed E-state index contributed by atoms with van der Waals surface area (Å²) < 4.78 is 5.12. The SMILES string of the molecule is CCCNC(CCO)c1ccc(OC)cc1. The largest absolute Gasteiger partial charge is 0.497 e. The number of aliphatic hydroxyl groups is 1. The third kappa shape index (κ3) is 3.83. The minimum absolute atomic E-state index is 0.202. The Labute approximate surface area is 97.4 Å². The molecule has 2 N–H and O–H groups in total. The highest BCUT2D eigenvalue weighted by Gasteiger charge is 2.09. The summed E-state index contributed by atoms with van der Waals surface area (Å²) in [5.74, 6) is 0.863. The molecule has 0 aliphatic carbocycles. The van der Waals surface area contributed by atoms with Gasteiger partial charge in [-0.3, -0.25) is 0 Å². The standard InChI is InChI=1S/C13H21NO2/c1-3-9-14-13(8-10-15)11-4-6-12(16-2)7-5-11/h4-7,13-15H,3,8-10H2,1-2H3. The summed E-state index contributed by atoms with van der Waals surface area (Å²) in [6, 6.07) is 8.22. The average molecular weight is 223 g/mol. The van der Waals surface area contributed by atoms with Gasteiger partial charge < -0.3 is 15.2 Å². The molecule has 16 heavy (non-hydrogen) atoms. The lowest BCUT2D eigenvalue weighted by Gasteiger charge is -2.18. The molecule has 3 nitrogen and oxygen atoms in total. The topological polar surface area (TPSA) is 41.5 Å². The zero-order chi connectivity index (χ0) is 11.8. The summed E-state index contributed by atoms with van der Waals surface area (Å²) in [5, 5.41) is 12.5. The van der Waals surface area contributed by atoms with Crippen LogP contribution in [-0.2, 0) is 0 Å². The second kappa shape index (κ2) is 7.25. The molecule has 0 aliphatic heterocycles. The Balaban J connectivity index is 2.67. The van der Waals surface area contributed by atoms with Crippen molar-refractivity contribution in [3.05, 3.63) is 29.8 Å². The summed E-state index contributed by atoms with van der Waals surface area (Å²) in [7, 11) is 1.66. The normalized spacial score (nSPS) is 12.4. The van der Waals surface area contributed by atoms with Gasteiger partial charge in [0.05, 0.1) is 7.11 Å². The van der Waals surface area contributed by atoms with E-state index in [1.165, 1.54) is 5.56 Å². The van der Waals surface area contributed by atoms with Gasteiger partial charge in [0.1, 0.15) is 5.75 Å². The molecule has 3 heteroatoms. The number of nitrogens with one attached hydrogen (secondary N) is 1. The first-order valence-corrected chi connectivity index (χ1v) is 5.80. The molecule has 0 bridgehead atoms. The first kappa shape index (κ1) is 13.0. The van der Waals surface area contributed by atoms with Gasteiger partial charge in [0.2, 0.25) is 0 Å². The van der Waals surface area contributed by atoms with E-state index < -0.39 is 0 Å². The first-order chi connectivity index (χ1) is 7.81. The number of ether oxygens (including phenoxy) is 1. The molecule has 0 amide bonds. The predicted molar refractivity (Wildman–Crippen MR) is 65.7 cm³/mol. The molecule has 1 atom stereocenters. The maximum absolute atomic E-state index is 9.03. The van der Waals surface area contributed by atoms with Crippen molar-refractivity contribution in [1.82, 2.24) is 5.32 Å². The van der Waals surface area contributed by atoms with Crippen LogP contribution in [0.4, 0.5) is 0 Å². The second-order valence-electron chi connectivity index (χ2n) is 3.79. The van der Waals surface area contributed by atoms with Crippen molar-refractivity contribution >= 4 is 0 Å². The highest BCUT2D eigenvalue weighted by Crippen LogP contribution is 2.19. The van der Waals surface area contributed by atoms with Crippen molar-refractivity contribution in [3.8, 4) is 5.75 Å². The van der Waals surface area contributed by atoms with Gasteiger partial charge in [-0.05, 0) is 37.1 Å². The van der Waals surface area contributed by atoms with Crippen LogP contribution in [0.5, 0.6) is 5.75 Å². The minimum Gasteiger partial charge on any atom is -0.497 e. The molecule has 0 saturated carbocycles. The quantitative estimate of drug-likeness (QED) is 0.744. The van der Waals surface area contributed by atoms with Crippen LogP contribution in [0.3, 0.4) is 0 Å². The second-order valence-corrected chi connectivity index (χ2v) is 3.79. The molecule has 1 aromatic carbocycles. The van der Waals surface area contributed by atoms with Gasteiger partial charge in [-0.1, -0.05) is 19.1 Å². The van der Waals surface area contributed by atoms with Gasteiger partial charge in [0.15, 0.2) is 0 Å². The van der Waals surface area contributed by atoms with Crippen LogP contribution in [0.25, 0.3) is 0 Å². The molecule has 0 fully saturated rings. The summed E-state index contributed by atoms with van der Waals surface area (Å²) in [4.78, 5) is 0. The smallest absolute Gasteiger partial charge is 0.118 e. The van der Waals surface area contributed by atoms with E-state index in [9.17, 15) is 0 Å². The molecular formula is C13H21NO2. The Morgan fingerprint density at radius 1 is 1.31 bits per heavy atom. The van der Waals surface area contributed by atoms with E-state index in [4.69, 9.17) is 9.84 Å². The van der Waals surface area contributed by atoms with E-state index in [1.54, 1.807) is 7.11 Å². The maximum atomic E-state index is 9.03. The summed E-state index contributed by atoms with van der Waals surface area (Å²) >= 11 is 0. The van der Waals surface area contributed by atoms with E-state index in [-0.39, 0.29) is 12.6 Å². The number of benzene rings is 1. The Morgan fingerprint density at radius 2 is 2.00 bits per heavy atom. The fourth-order valence-corrected chi connectivity index (χ4v) is 1.67. The zero-order valence-corrected chi connectivity index (χ0v) is 10.1. The third-order valence-electron chi connectivity index (χ3n) is 2.58. The lowest BCUT2D eigenvalue weighted by Crippen LogP contribution is -2.23. The summed E-state index contributed by atoms with van der Waals surface area (Å²) in [5.41, 5.74) is 1.20. The van der Waals surface area contributed by atoms with Gasteiger partial charge in [0, 0.05) is 12.6 Å². The Kier molecular flexibility index (Phi) is 5.90. The Bertz CT molecular complexity index is 284. The molecule has 0 radical (unpaired) electrons. The minimum atomic E-state index is 0.202. The highest BCUT2D eigenvalue weighted by molar-refractivity contribution is 5.29. The molecule has 1 unspecified atom stereocenters. The molecule has 0 saturated heterocycles. The fourth-order valence-electron chi connectivity index (χ4n) is 1.67. The first-order valence-electron chi connectivity index (χ1n) is 5.80. The number of hydrogen-bond donors (Lipinski definition) is 2. The zero-order valence-electron chi connectivity index (χ0n) is 10.1. The van der Waals surface area contributed by atoms with Crippen molar-refractivity contribution in [2.75, 3.05) is 20.3 Å². The van der Waals surface area contributed by atoms with E-state index in [2.05, 4.69) is 12.2 Å². The van der Waals surface area contributed by atoms with Crippen LogP contribution in [0.2, 0.25) is 0 Å². The number of aliphatic hydroxyl groups excluding tert-OH is 1. The van der Waals surface area contributed by atoms with Crippen molar-refractivity contribution in [2.45, 2.75) is 25.8 Å². The molecule has 1 aromatic rings. The third-order valence-corrected chi connectivity index (χ3v) is 2.58. The molecule has 0 heterocycles. The van der Waals surface area contributed by atoms with Crippen LogP contribution in [-0.4, -0.2) is 25.4 Å². The molecule has 0 aliphatic rings. The van der Waals surface area contributed by atoms with Crippen molar-refractivity contribution in [2.24, 2.45) is 0 Å². The van der Waals surface area contributed by atoms with E-state index >= 15 is 0 Å². The van der Waals surface area contributed by atoms with Crippen molar-refractivity contribution in [1.29, 1.82) is 0 Å². The molecule has 90 valence electrons. The molecule has 0 aromatic heterocycles. The number of methoxy groups -OCH3 is 1. The van der Waals surface area contributed by atoms with Crippen LogP contribution in [0.1, 0.15) is 31.4 Å². The van der Waals surface area contributed by atoms with Gasteiger partial charge in [-0.15, -0.1) is 0 Å². The lowest BCUT2D eigenvalue weighted by atomic mass is 10.0. The van der Waals surface area contributed by atoms with Gasteiger partial charge >= 0.3 is 0 Å². The predicted octanol–water partition coefficient (Wildman–Crippen LogP) is 2.12. The van der Waals surface area contributed by atoms with Crippen LogP contribution >= 0.6 is 0 Å². The average Bonchev–Trinajstić information content (AvgIpc) is 2.35. The molecule has 0 spiro atoms. The van der Waals surface area contributed by atoms with Gasteiger partial charge in [-0.25, -0.2) is 0 Å². The fraction of sp³-hybridized carbons (Fsp3) is 0.538. The van der Waals surface area contributed by atoms with Crippen LogP contribution < -0.4 is 10.1 Å². The van der Waals surface area contributed by atoms with E-state index in [0.29, 0.717) is 0 Å². The van der Waals surface area contributed by atoms with E-state index in [0.717, 1.165) is 25.1 Å². The lowest BCUT2D eigenvalue weighted by molar-refractivity contribution is 0.265. The van der Waals surface area contributed by atoms with Crippen LogP contribution in [0.15, 0.2) is 24.3 Å². The van der Waals surface area contributed by atoms with Crippen LogP contribution in [0, 0.1) is 0 Å². The van der Waals surface area contributed by atoms with Crippen molar-refractivity contribution in [3.63, 3.8) is 0 Å². The van der Waals surface area contributed by atoms with Gasteiger partial charge in [-0.2, -0.15) is 0 Å². The molecule has 1 rings (SSSR count). The maximum Gasteiger partial charge on any atom is 0.118 e. The monoisotopic (exact) mass is 223 g/mol. The van der Waals surface area contributed by atoms with E-state index in [1.807, 2.05) is 24.3 Å². The highest BCUT2D eigenvalue weighted by atomic mass is 16.5. The molecular weight excluding hydrogens is 202 g/mol. The number of hydrogen-bond acceptors (Lipinski definition) is 3. The Hall–Kier alpha value is -1.06. The number of rotatable bonds is 7.